The zero-order chi connectivity index (χ0) is 11.8. The minimum absolute atomic E-state index is 0.00931. The standard InChI is InChI=1S/C10H11F2NO3/c11-10(12)15-8-2-1-6(5-9(8)16-10)7(13)3-4-14/h1-2,5,7,14H,3-4,13H2/t7-/m0/s1. The van der Waals surface area contributed by atoms with Gasteiger partial charge < -0.3 is 20.3 Å². The van der Waals surface area contributed by atoms with Crippen LogP contribution in [0.15, 0.2) is 18.2 Å². The second-order valence-corrected chi connectivity index (χ2v) is 3.49. The summed E-state index contributed by atoms with van der Waals surface area (Å²) in [6, 6.07) is 3.94. The Kier molecular flexibility index (Phi) is 2.69. The molecule has 0 unspecified atom stereocenters. The van der Waals surface area contributed by atoms with Gasteiger partial charge in [0.25, 0.3) is 0 Å². The van der Waals surface area contributed by atoms with E-state index >= 15 is 0 Å². The summed E-state index contributed by atoms with van der Waals surface area (Å²) in [6.07, 6.45) is -3.25. The van der Waals surface area contributed by atoms with Crippen molar-refractivity contribution in [1.82, 2.24) is 0 Å². The molecule has 0 fully saturated rings. The molecule has 0 bridgehead atoms. The lowest BCUT2D eigenvalue weighted by Gasteiger charge is -2.10. The molecule has 6 heteroatoms. The van der Waals surface area contributed by atoms with Crippen LogP contribution in [0, 0.1) is 0 Å². The van der Waals surface area contributed by atoms with E-state index in [0.717, 1.165) is 0 Å². The SMILES string of the molecule is N[C@@H](CCO)c1ccc2c(c1)OC(F)(F)O2. The maximum absolute atomic E-state index is 12.7. The van der Waals surface area contributed by atoms with Crippen LogP contribution in [0.25, 0.3) is 0 Å². The summed E-state index contributed by atoms with van der Waals surface area (Å²) in [5.41, 5.74) is 6.34. The molecule has 1 aromatic rings. The third-order valence-corrected chi connectivity index (χ3v) is 2.29. The Hall–Kier alpha value is -1.40. The molecule has 0 amide bonds. The molecule has 0 aromatic heterocycles. The average molecular weight is 231 g/mol. The Bertz CT molecular complexity index is 398. The number of nitrogens with two attached hydrogens (primary N) is 1. The molecular formula is C10H11F2NO3. The van der Waals surface area contributed by atoms with E-state index in [9.17, 15) is 8.78 Å². The van der Waals surface area contributed by atoms with Crippen molar-refractivity contribution in [1.29, 1.82) is 0 Å². The molecule has 4 nitrogen and oxygen atoms in total. The van der Waals surface area contributed by atoms with Crippen LogP contribution in [0.5, 0.6) is 11.5 Å². The molecule has 0 saturated heterocycles. The summed E-state index contributed by atoms with van der Waals surface area (Å²) in [6.45, 7) is -0.0637. The molecule has 1 aliphatic heterocycles. The number of hydrogen-bond donors (Lipinski definition) is 2. The molecule has 0 saturated carbocycles. The molecular weight excluding hydrogens is 220 g/mol. The van der Waals surface area contributed by atoms with Crippen LogP contribution in [0.1, 0.15) is 18.0 Å². The van der Waals surface area contributed by atoms with Crippen LogP contribution in [-0.2, 0) is 0 Å². The highest BCUT2D eigenvalue weighted by Gasteiger charge is 2.43. The Balaban J connectivity index is 2.22. The molecule has 16 heavy (non-hydrogen) atoms. The smallest absolute Gasteiger partial charge is 0.396 e. The first kappa shape index (κ1) is 11.1. The Morgan fingerprint density at radius 2 is 2.00 bits per heavy atom. The number of aliphatic hydroxyl groups is 1. The molecule has 0 radical (unpaired) electrons. The van der Waals surface area contributed by atoms with Gasteiger partial charge in [-0.15, -0.1) is 8.78 Å². The summed E-state index contributed by atoms with van der Waals surface area (Å²) in [7, 11) is 0. The number of rotatable bonds is 3. The van der Waals surface area contributed by atoms with Crippen LogP contribution < -0.4 is 15.2 Å². The third kappa shape index (κ3) is 2.07. The van der Waals surface area contributed by atoms with Crippen LogP contribution in [0.4, 0.5) is 8.78 Å². The molecule has 1 aliphatic rings. The molecule has 88 valence electrons. The van der Waals surface area contributed by atoms with E-state index in [1.807, 2.05) is 0 Å². The minimum atomic E-state index is -3.61. The second kappa shape index (κ2) is 3.88. The summed E-state index contributed by atoms with van der Waals surface area (Å²) in [5, 5.41) is 8.72. The van der Waals surface area contributed by atoms with Gasteiger partial charge in [0, 0.05) is 12.6 Å². The summed E-state index contributed by atoms with van der Waals surface area (Å²) >= 11 is 0. The van der Waals surface area contributed by atoms with Gasteiger partial charge in [0.1, 0.15) is 0 Å². The van der Waals surface area contributed by atoms with Crippen molar-refractivity contribution < 1.29 is 23.4 Å². The van der Waals surface area contributed by atoms with Gasteiger partial charge in [-0.2, -0.15) is 0 Å². The predicted molar refractivity (Wildman–Crippen MR) is 51.3 cm³/mol. The van der Waals surface area contributed by atoms with E-state index in [4.69, 9.17) is 10.8 Å². The second-order valence-electron chi connectivity index (χ2n) is 3.49. The van der Waals surface area contributed by atoms with Gasteiger partial charge in [-0.3, -0.25) is 0 Å². The lowest BCUT2D eigenvalue weighted by atomic mass is 10.0. The Labute approximate surface area is 90.6 Å². The van der Waals surface area contributed by atoms with Crippen LogP contribution in [-0.4, -0.2) is 18.0 Å². The van der Waals surface area contributed by atoms with E-state index in [1.165, 1.54) is 12.1 Å². The van der Waals surface area contributed by atoms with Gasteiger partial charge in [0.05, 0.1) is 0 Å². The van der Waals surface area contributed by atoms with Crippen molar-refractivity contribution in [2.75, 3.05) is 6.61 Å². The molecule has 3 N–H and O–H groups in total. The van der Waals surface area contributed by atoms with Crippen molar-refractivity contribution >= 4 is 0 Å². The summed E-state index contributed by atoms with van der Waals surface area (Å²) in [4.78, 5) is 0. The van der Waals surface area contributed by atoms with Gasteiger partial charge >= 0.3 is 6.29 Å². The first-order chi connectivity index (χ1) is 7.52. The van der Waals surface area contributed by atoms with E-state index in [-0.39, 0.29) is 18.1 Å². The highest BCUT2D eigenvalue weighted by molar-refractivity contribution is 5.45. The van der Waals surface area contributed by atoms with Crippen LogP contribution in [0.3, 0.4) is 0 Å². The fourth-order valence-electron chi connectivity index (χ4n) is 1.50. The van der Waals surface area contributed by atoms with E-state index in [2.05, 4.69) is 9.47 Å². The topological polar surface area (TPSA) is 64.7 Å². The molecule has 1 atom stereocenters. The van der Waals surface area contributed by atoms with Crippen molar-refractivity contribution in [2.45, 2.75) is 18.8 Å². The molecule has 0 spiro atoms. The normalized spacial score (nSPS) is 18.5. The van der Waals surface area contributed by atoms with Gasteiger partial charge in [0.2, 0.25) is 0 Å². The first-order valence-corrected chi connectivity index (χ1v) is 4.78. The highest BCUT2D eigenvalue weighted by Crippen LogP contribution is 2.41. The lowest BCUT2D eigenvalue weighted by molar-refractivity contribution is -0.286. The van der Waals surface area contributed by atoms with Crippen LogP contribution >= 0.6 is 0 Å². The number of halogens is 2. The average Bonchev–Trinajstić information content (AvgIpc) is 2.50. The number of aliphatic hydroxyl groups excluding tert-OH is 1. The van der Waals surface area contributed by atoms with Crippen LogP contribution in [0.2, 0.25) is 0 Å². The molecule has 2 rings (SSSR count). The lowest BCUT2D eigenvalue weighted by Crippen LogP contribution is -2.25. The minimum Gasteiger partial charge on any atom is -0.396 e. The van der Waals surface area contributed by atoms with Crippen molar-refractivity contribution in [3.63, 3.8) is 0 Å². The fourth-order valence-corrected chi connectivity index (χ4v) is 1.50. The number of hydrogen-bond acceptors (Lipinski definition) is 4. The summed E-state index contributed by atoms with van der Waals surface area (Å²) in [5.74, 6) is -0.0409. The van der Waals surface area contributed by atoms with Gasteiger partial charge in [-0.1, -0.05) is 6.07 Å². The highest BCUT2D eigenvalue weighted by atomic mass is 19.3. The maximum atomic E-state index is 12.7. The fraction of sp³-hybridized carbons (Fsp3) is 0.400. The largest absolute Gasteiger partial charge is 0.586 e. The first-order valence-electron chi connectivity index (χ1n) is 4.78. The van der Waals surface area contributed by atoms with Crippen molar-refractivity contribution in [2.24, 2.45) is 5.73 Å². The monoisotopic (exact) mass is 231 g/mol. The number of benzene rings is 1. The Morgan fingerprint density at radius 3 is 2.69 bits per heavy atom. The Morgan fingerprint density at radius 1 is 1.31 bits per heavy atom. The van der Waals surface area contributed by atoms with Gasteiger partial charge in [0.15, 0.2) is 11.5 Å². The van der Waals surface area contributed by atoms with E-state index in [1.54, 1.807) is 6.07 Å². The van der Waals surface area contributed by atoms with Crippen molar-refractivity contribution in [3.8, 4) is 11.5 Å². The zero-order valence-corrected chi connectivity index (χ0v) is 8.32. The number of ether oxygens (including phenoxy) is 2. The van der Waals surface area contributed by atoms with Crippen molar-refractivity contribution in [3.05, 3.63) is 23.8 Å². The van der Waals surface area contributed by atoms with E-state index < -0.39 is 12.3 Å². The maximum Gasteiger partial charge on any atom is 0.586 e. The number of fused-ring (bicyclic) bond motifs is 1. The third-order valence-electron chi connectivity index (χ3n) is 2.29. The van der Waals surface area contributed by atoms with Gasteiger partial charge in [-0.05, 0) is 24.1 Å². The molecule has 1 aromatic carbocycles. The summed E-state index contributed by atoms with van der Waals surface area (Å²) < 4.78 is 33.9. The predicted octanol–water partition coefficient (Wildman–Crippen LogP) is 1.39. The van der Waals surface area contributed by atoms with Gasteiger partial charge in [-0.25, -0.2) is 0 Å². The molecule has 0 aliphatic carbocycles. The zero-order valence-electron chi connectivity index (χ0n) is 8.32. The van der Waals surface area contributed by atoms with E-state index in [0.29, 0.717) is 12.0 Å². The quantitative estimate of drug-likeness (QED) is 0.825. The molecule has 1 heterocycles. The number of alkyl halides is 2.